The second kappa shape index (κ2) is 10.9. The van der Waals surface area contributed by atoms with Crippen molar-refractivity contribution in [1.29, 1.82) is 0 Å². The van der Waals surface area contributed by atoms with Gasteiger partial charge in [0.25, 0.3) is 0 Å². The molecule has 142 valence electrons. The Morgan fingerprint density at radius 3 is 2.15 bits per heavy atom. The fraction of sp³-hybridized carbons (Fsp3) is 0.455. The Morgan fingerprint density at radius 1 is 0.808 bits per heavy atom. The first-order valence-electron chi connectivity index (χ1n) is 9.36. The number of benzene rings is 2. The second-order valence-electron chi connectivity index (χ2n) is 6.44. The Kier molecular flexibility index (Phi) is 8.56. The Morgan fingerprint density at radius 2 is 1.50 bits per heavy atom. The van der Waals surface area contributed by atoms with Crippen LogP contribution in [0.15, 0.2) is 36.4 Å². The van der Waals surface area contributed by atoms with Gasteiger partial charge in [-0.15, -0.1) is 0 Å². The van der Waals surface area contributed by atoms with Crippen molar-refractivity contribution in [3.05, 3.63) is 53.6 Å². The summed E-state index contributed by atoms with van der Waals surface area (Å²) >= 11 is 0. The van der Waals surface area contributed by atoms with Crippen LogP contribution in [0.3, 0.4) is 0 Å². The maximum atomic E-state index is 14.4. The van der Waals surface area contributed by atoms with Gasteiger partial charge in [0.2, 0.25) is 5.82 Å². The normalized spacial score (nSPS) is 10.9. The van der Waals surface area contributed by atoms with E-state index in [2.05, 4.69) is 6.92 Å². The first kappa shape index (κ1) is 20.4. The third-order valence-corrected chi connectivity index (χ3v) is 4.35. The lowest BCUT2D eigenvalue weighted by Gasteiger charge is -2.11. The van der Waals surface area contributed by atoms with Gasteiger partial charge in [0.05, 0.1) is 6.61 Å². The summed E-state index contributed by atoms with van der Waals surface area (Å²) in [6.07, 6.45) is 5.88. The maximum absolute atomic E-state index is 14.4. The lowest BCUT2D eigenvalue weighted by Crippen LogP contribution is -2.02. The molecule has 0 aliphatic carbocycles. The van der Waals surface area contributed by atoms with Crippen molar-refractivity contribution in [2.24, 2.45) is 0 Å². The Bertz CT molecular complexity index is 669. The fourth-order valence-corrected chi connectivity index (χ4v) is 2.89. The molecular formula is C22H28F2O2. The number of hydrogen-bond acceptors (Lipinski definition) is 2. The summed E-state index contributed by atoms with van der Waals surface area (Å²) in [7, 11) is 1.68. The molecule has 0 spiro atoms. The van der Waals surface area contributed by atoms with E-state index in [1.807, 2.05) is 24.3 Å². The molecule has 26 heavy (non-hydrogen) atoms. The van der Waals surface area contributed by atoms with Gasteiger partial charge in [0.1, 0.15) is 0 Å². The topological polar surface area (TPSA) is 18.5 Å². The van der Waals surface area contributed by atoms with E-state index in [-0.39, 0.29) is 11.3 Å². The van der Waals surface area contributed by atoms with Crippen molar-refractivity contribution in [2.75, 3.05) is 20.3 Å². The van der Waals surface area contributed by atoms with Crippen LogP contribution in [0.25, 0.3) is 11.1 Å². The molecule has 0 atom stereocenters. The molecular weight excluding hydrogens is 334 g/mol. The number of rotatable bonds is 11. The second-order valence-corrected chi connectivity index (χ2v) is 6.44. The molecule has 2 aromatic carbocycles. The van der Waals surface area contributed by atoms with Crippen molar-refractivity contribution < 1.29 is 18.3 Å². The van der Waals surface area contributed by atoms with Crippen LogP contribution in [0.5, 0.6) is 5.75 Å². The van der Waals surface area contributed by atoms with Crippen molar-refractivity contribution in [3.8, 4) is 16.9 Å². The van der Waals surface area contributed by atoms with Crippen LogP contribution < -0.4 is 4.74 Å². The maximum Gasteiger partial charge on any atom is 0.201 e. The lowest BCUT2D eigenvalue weighted by atomic mass is 10.0. The summed E-state index contributed by atoms with van der Waals surface area (Å²) in [5.41, 5.74) is 2.13. The van der Waals surface area contributed by atoms with E-state index in [1.165, 1.54) is 11.6 Å². The Balaban J connectivity index is 1.95. The quantitative estimate of drug-likeness (QED) is 0.445. The minimum atomic E-state index is -0.917. The van der Waals surface area contributed by atoms with E-state index in [0.717, 1.165) is 45.1 Å². The van der Waals surface area contributed by atoms with Crippen LogP contribution in [0.2, 0.25) is 0 Å². The SMILES string of the molecule is CCCc1ccc(-c2ccc(OCCCCCCOC)c(F)c2F)cc1. The zero-order valence-electron chi connectivity index (χ0n) is 15.7. The van der Waals surface area contributed by atoms with E-state index in [0.29, 0.717) is 12.2 Å². The third kappa shape index (κ3) is 5.80. The van der Waals surface area contributed by atoms with Gasteiger partial charge in [-0.2, -0.15) is 4.39 Å². The summed E-state index contributed by atoms with van der Waals surface area (Å²) < 4.78 is 39.2. The number of unbranched alkanes of at least 4 members (excludes halogenated alkanes) is 3. The minimum absolute atomic E-state index is 0.0225. The van der Waals surface area contributed by atoms with Gasteiger partial charge >= 0.3 is 0 Å². The van der Waals surface area contributed by atoms with E-state index in [4.69, 9.17) is 9.47 Å². The van der Waals surface area contributed by atoms with Gasteiger partial charge in [0.15, 0.2) is 11.6 Å². The van der Waals surface area contributed by atoms with Crippen LogP contribution in [0.4, 0.5) is 8.78 Å². The monoisotopic (exact) mass is 362 g/mol. The van der Waals surface area contributed by atoms with Crippen LogP contribution >= 0.6 is 0 Å². The molecule has 0 aliphatic rings. The van der Waals surface area contributed by atoms with Gasteiger partial charge < -0.3 is 9.47 Å². The van der Waals surface area contributed by atoms with Crippen molar-refractivity contribution in [1.82, 2.24) is 0 Å². The zero-order chi connectivity index (χ0) is 18.8. The number of ether oxygens (including phenoxy) is 2. The van der Waals surface area contributed by atoms with Crippen LogP contribution in [0, 0.1) is 11.6 Å². The number of aryl methyl sites for hydroxylation is 1. The highest BCUT2D eigenvalue weighted by Gasteiger charge is 2.15. The van der Waals surface area contributed by atoms with E-state index in [1.54, 1.807) is 13.2 Å². The third-order valence-electron chi connectivity index (χ3n) is 4.35. The average Bonchev–Trinajstić information content (AvgIpc) is 2.65. The average molecular weight is 362 g/mol. The molecule has 2 aromatic rings. The predicted molar refractivity (Wildman–Crippen MR) is 102 cm³/mol. The highest BCUT2D eigenvalue weighted by molar-refractivity contribution is 5.65. The van der Waals surface area contributed by atoms with Crippen LogP contribution in [-0.4, -0.2) is 20.3 Å². The number of halogens is 2. The first-order valence-corrected chi connectivity index (χ1v) is 9.36. The molecule has 4 heteroatoms. The molecule has 0 heterocycles. The summed E-state index contributed by atoms with van der Waals surface area (Å²) in [5.74, 6) is -1.80. The molecule has 0 aromatic heterocycles. The summed E-state index contributed by atoms with van der Waals surface area (Å²) in [6, 6.07) is 10.7. The Hall–Kier alpha value is -1.94. The van der Waals surface area contributed by atoms with Crippen LogP contribution in [-0.2, 0) is 11.2 Å². The van der Waals surface area contributed by atoms with Gasteiger partial charge in [-0.05, 0) is 48.9 Å². The largest absolute Gasteiger partial charge is 0.490 e. The van der Waals surface area contributed by atoms with Crippen molar-refractivity contribution in [3.63, 3.8) is 0 Å². The molecule has 0 amide bonds. The molecule has 0 N–H and O–H groups in total. The highest BCUT2D eigenvalue weighted by Crippen LogP contribution is 2.30. The van der Waals surface area contributed by atoms with E-state index in [9.17, 15) is 8.78 Å². The summed E-state index contributed by atoms with van der Waals surface area (Å²) in [4.78, 5) is 0. The van der Waals surface area contributed by atoms with E-state index >= 15 is 0 Å². The lowest BCUT2D eigenvalue weighted by molar-refractivity contribution is 0.190. The smallest absolute Gasteiger partial charge is 0.201 e. The van der Waals surface area contributed by atoms with Crippen molar-refractivity contribution in [2.45, 2.75) is 45.4 Å². The molecule has 0 bridgehead atoms. The van der Waals surface area contributed by atoms with Crippen LogP contribution in [0.1, 0.15) is 44.6 Å². The molecule has 2 nitrogen and oxygen atoms in total. The van der Waals surface area contributed by atoms with E-state index < -0.39 is 11.6 Å². The predicted octanol–water partition coefficient (Wildman–Crippen LogP) is 6.17. The molecule has 0 saturated heterocycles. The highest BCUT2D eigenvalue weighted by atomic mass is 19.2. The van der Waals surface area contributed by atoms with Gasteiger partial charge in [-0.25, -0.2) is 4.39 Å². The molecule has 2 rings (SSSR count). The summed E-state index contributed by atoms with van der Waals surface area (Å²) in [5, 5.41) is 0. The van der Waals surface area contributed by atoms with Gasteiger partial charge in [0, 0.05) is 19.3 Å². The number of methoxy groups -OCH3 is 1. The minimum Gasteiger partial charge on any atom is -0.490 e. The molecule has 0 unspecified atom stereocenters. The molecule has 0 fully saturated rings. The molecule has 0 aliphatic heterocycles. The molecule has 0 radical (unpaired) electrons. The first-order chi connectivity index (χ1) is 12.7. The van der Waals surface area contributed by atoms with Gasteiger partial charge in [-0.1, -0.05) is 44.0 Å². The van der Waals surface area contributed by atoms with Gasteiger partial charge in [-0.3, -0.25) is 0 Å². The standard InChI is InChI=1S/C22H28F2O2/c1-3-8-17-9-11-18(12-10-17)19-13-14-20(22(24)21(19)23)26-16-7-5-4-6-15-25-2/h9-14H,3-8,15-16H2,1-2H3. The Labute approximate surface area is 155 Å². The zero-order valence-corrected chi connectivity index (χ0v) is 15.7. The fourth-order valence-electron chi connectivity index (χ4n) is 2.89. The number of hydrogen-bond donors (Lipinski definition) is 0. The van der Waals surface area contributed by atoms with Crippen molar-refractivity contribution >= 4 is 0 Å². The molecule has 0 saturated carbocycles. The summed E-state index contributed by atoms with van der Waals surface area (Å²) in [6.45, 7) is 3.25.